The second kappa shape index (κ2) is 58.1. The maximum atomic E-state index is 13.3. The molecule has 0 spiro atoms. The largest absolute Gasteiger partial charge is 0.394 e. The van der Waals surface area contributed by atoms with Crippen LogP contribution in [0, 0.1) is 0 Å². The van der Waals surface area contributed by atoms with Gasteiger partial charge in [-0.25, -0.2) is 0 Å². The van der Waals surface area contributed by atoms with Gasteiger partial charge in [0.25, 0.3) is 0 Å². The van der Waals surface area contributed by atoms with Crippen LogP contribution in [0.2, 0.25) is 0 Å². The van der Waals surface area contributed by atoms with E-state index in [1.165, 1.54) is 257 Å². The highest BCUT2D eigenvalue weighted by molar-refractivity contribution is 5.76. The van der Waals surface area contributed by atoms with Crippen LogP contribution in [0.4, 0.5) is 0 Å². The molecule has 12 atom stereocenters. The molecule has 0 bridgehead atoms. The summed E-state index contributed by atoms with van der Waals surface area (Å²) in [7, 11) is 0. The molecule has 2 aliphatic heterocycles. The molecule has 0 aromatic rings. The first-order chi connectivity index (χ1) is 42.6. The fourth-order valence-corrected chi connectivity index (χ4v) is 12.2. The van der Waals surface area contributed by atoms with Gasteiger partial charge < -0.3 is 65.1 Å². The van der Waals surface area contributed by atoms with Gasteiger partial charge in [-0.3, -0.25) is 4.79 Å². The number of rotatable bonds is 61. The first-order valence-corrected chi connectivity index (χ1v) is 36.7. The standard InChI is InChI=1S/C73H137NO13/c1-3-5-7-9-11-13-15-17-19-21-23-25-27-29-31-33-35-37-39-41-43-45-47-49-51-53-55-57-65(78)74-61(60-84-72-70(83)68(81)71(64(59-76)86-72)87-73-69(82)67(80)66(79)63(58-75)85-73)62(77)56-54-52-50-48-46-44-42-40-38-36-34-32-30-28-26-24-22-20-18-16-14-12-10-8-6-4-2/h15,17,21,23,54,56,61-64,66-73,75-77,79-83H,3-14,16,18-20,22,24-53,55,57-60H2,1-2H3,(H,74,78)/b17-15-,23-21-,56-54+. The second-order valence-electron chi connectivity index (χ2n) is 26.1. The summed E-state index contributed by atoms with van der Waals surface area (Å²) in [5.74, 6) is -0.234. The molecule has 0 aromatic carbocycles. The lowest BCUT2D eigenvalue weighted by molar-refractivity contribution is -0.359. The van der Waals surface area contributed by atoms with Gasteiger partial charge in [-0.05, 0) is 51.4 Å². The maximum absolute atomic E-state index is 13.3. The van der Waals surface area contributed by atoms with Crippen molar-refractivity contribution in [3.8, 4) is 0 Å². The Morgan fingerprint density at radius 3 is 1.15 bits per heavy atom. The van der Waals surface area contributed by atoms with Crippen LogP contribution in [-0.4, -0.2) is 140 Å². The normalized spacial score (nSPS) is 23.4. The molecular weight excluding hydrogens is 1100 g/mol. The lowest BCUT2D eigenvalue weighted by Gasteiger charge is -2.46. The molecule has 2 fully saturated rings. The third-order valence-corrected chi connectivity index (χ3v) is 18.1. The van der Waals surface area contributed by atoms with E-state index in [2.05, 4.69) is 43.5 Å². The molecule has 87 heavy (non-hydrogen) atoms. The number of aliphatic hydroxyl groups excluding tert-OH is 8. The Morgan fingerprint density at radius 2 is 0.759 bits per heavy atom. The van der Waals surface area contributed by atoms with Crippen LogP contribution in [0.5, 0.6) is 0 Å². The van der Waals surface area contributed by atoms with Crippen molar-refractivity contribution >= 4 is 5.91 Å². The van der Waals surface area contributed by atoms with Crippen molar-refractivity contribution in [2.45, 2.75) is 402 Å². The molecule has 512 valence electrons. The number of allylic oxidation sites excluding steroid dienone is 5. The summed E-state index contributed by atoms with van der Waals surface area (Å²) in [5.41, 5.74) is 0. The second-order valence-corrected chi connectivity index (χ2v) is 26.1. The van der Waals surface area contributed by atoms with Crippen molar-refractivity contribution in [2.24, 2.45) is 0 Å². The monoisotopic (exact) mass is 1240 g/mol. The number of ether oxygens (including phenoxy) is 4. The molecule has 2 saturated heterocycles. The van der Waals surface area contributed by atoms with Gasteiger partial charge in [0.2, 0.25) is 5.91 Å². The Balaban J connectivity index is 1.67. The van der Waals surface area contributed by atoms with Gasteiger partial charge in [0.05, 0.1) is 32.0 Å². The predicted molar refractivity (Wildman–Crippen MR) is 355 cm³/mol. The van der Waals surface area contributed by atoms with E-state index >= 15 is 0 Å². The quantitative estimate of drug-likeness (QED) is 0.0204. The molecule has 14 heteroatoms. The Kier molecular flexibility index (Phi) is 54.3. The van der Waals surface area contributed by atoms with E-state index in [1.54, 1.807) is 6.08 Å². The minimum absolute atomic E-state index is 0.234. The van der Waals surface area contributed by atoms with E-state index in [9.17, 15) is 45.6 Å². The molecule has 0 aliphatic carbocycles. The van der Waals surface area contributed by atoms with Gasteiger partial charge in [0.15, 0.2) is 12.6 Å². The molecule has 14 nitrogen and oxygen atoms in total. The van der Waals surface area contributed by atoms with Crippen molar-refractivity contribution in [1.29, 1.82) is 0 Å². The summed E-state index contributed by atoms with van der Waals surface area (Å²) in [6.45, 7) is 2.84. The summed E-state index contributed by atoms with van der Waals surface area (Å²) in [6, 6.07) is -0.915. The minimum Gasteiger partial charge on any atom is -0.394 e. The van der Waals surface area contributed by atoms with Gasteiger partial charge in [0, 0.05) is 6.42 Å². The number of carbonyl (C=O) groups excluding carboxylic acids is 1. The van der Waals surface area contributed by atoms with E-state index < -0.39 is 86.8 Å². The number of unbranched alkanes of at least 4 members (excludes halogenated alkanes) is 44. The van der Waals surface area contributed by atoms with Crippen molar-refractivity contribution in [2.75, 3.05) is 19.8 Å². The van der Waals surface area contributed by atoms with Crippen LogP contribution in [0.25, 0.3) is 0 Å². The lowest BCUT2D eigenvalue weighted by atomic mass is 9.97. The Bertz CT molecular complexity index is 1600. The van der Waals surface area contributed by atoms with E-state index in [0.29, 0.717) is 6.42 Å². The number of aliphatic hydroxyl groups is 8. The highest BCUT2D eigenvalue weighted by Crippen LogP contribution is 2.30. The van der Waals surface area contributed by atoms with E-state index in [-0.39, 0.29) is 18.9 Å². The van der Waals surface area contributed by atoms with Gasteiger partial charge in [-0.2, -0.15) is 0 Å². The zero-order chi connectivity index (χ0) is 63.1. The third-order valence-electron chi connectivity index (χ3n) is 18.1. The minimum atomic E-state index is -1.79. The molecule has 2 aliphatic rings. The Morgan fingerprint density at radius 1 is 0.414 bits per heavy atom. The van der Waals surface area contributed by atoms with Gasteiger partial charge in [-0.1, -0.05) is 307 Å². The van der Waals surface area contributed by atoms with Gasteiger partial charge in [0.1, 0.15) is 48.8 Å². The third kappa shape index (κ3) is 42.1. The van der Waals surface area contributed by atoms with E-state index in [1.807, 2.05) is 6.08 Å². The highest BCUT2D eigenvalue weighted by atomic mass is 16.7. The average molecular weight is 1240 g/mol. The molecule has 0 radical (unpaired) electrons. The molecule has 2 rings (SSSR count). The zero-order valence-electron chi connectivity index (χ0n) is 55.8. The van der Waals surface area contributed by atoms with Crippen LogP contribution in [0.15, 0.2) is 36.5 Å². The van der Waals surface area contributed by atoms with Crippen LogP contribution >= 0.6 is 0 Å². The number of hydrogen-bond donors (Lipinski definition) is 9. The summed E-state index contributed by atoms with van der Waals surface area (Å²) in [5, 5.41) is 87.5. The number of nitrogens with one attached hydrogen (secondary N) is 1. The first kappa shape index (κ1) is 81.3. The van der Waals surface area contributed by atoms with Crippen LogP contribution in [0.3, 0.4) is 0 Å². The summed E-state index contributed by atoms with van der Waals surface area (Å²) in [4.78, 5) is 13.3. The molecule has 0 aromatic heterocycles. The number of amides is 1. The van der Waals surface area contributed by atoms with Crippen molar-refractivity contribution in [1.82, 2.24) is 5.32 Å². The van der Waals surface area contributed by atoms with E-state index in [0.717, 1.165) is 44.9 Å². The van der Waals surface area contributed by atoms with Crippen molar-refractivity contribution < 1.29 is 64.6 Å². The van der Waals surface area contributed by atoms with Crippen LogP contribution < -0.4 is 5.32 Å². The molecule has 0 saturated carbocycles. The Hall–Kier alpha value is -1.79. The summed E-state index contributed by atoms with van der Waals surface area (Å²) < 4.78 is 22.9. The maximum Gasteiger partial charge on any atom is 0.220 e. The molecule has 9 N–H and O–H groups in total. The first-order valence-electron chi connectivity index (χ1n) is 36.7. The number of carbonyl (C=O) groups is 1. The SMILES string of the molecule is CCCCCCC/C=C\C/C=C\CCCCCCCCCCCCCCCCCC(=O)NC(COC1OC(CO)C(OC2OC(CO)C(O)C(O)C2O)C(O)C1O)C(O)/C=C/CCCCCCCCCCCCCCCCCCCCCCCCCC. The molecule has 1 amide bonds. The Labute approximate surface area is 531 Å². The van der Waals surface area contributed by atoms with Gasteiger partial charge >= 0.3 is 0 Å². The predicted octanol–water partition coefficient (Wildman–Crippen LogP) is 15.3. The van der Waals surface area contributed by atoms with Crippen LogP contribution in [0.1, 0.15) is 328 Å². The van der Waals surface area contributed by atoms with Crippen LogP contribution in [-0.2, 0) is 23.7 Å². The van der Waals surface area contributed by atoms with Gasteiger partial charge in [-0.15, -0.1) is 0 Å². The molecular formula is C73H137NO13. The smallest absolute Gasteiger partial charge is 0.220 e. The highest BCUT2D eigenvalue weighted by Gasteiger charge is 2.51. The number of hydrogen-bond acceptors (Lipinski definition) is 13. The topological polar surface area (TPSA) is 228 Å². The molecule has 2 heterocycles. The lowest BCUT2D eigenvalue weighted by Crippen LogP contribution is -2.65. The average Bonchev–Trinajstić information content (AvgIpc) is 2.58. The fraction of sp³-hybridized carbons (Fsp3) is 0.904. The zero-order valence-corrected chi connectivity index (χ0v) is 55.8. The summed E-state index contributed by atoms with van der Waals surface area (Å²) >= 11 is 0. The fourth-order valence-electron chi connectivity index (χ4n) is 12.2. The molecule has 12 unspecified atom stereocenters. The van der Waals surface area contributed by atoms with Crippen molar-refractivity contribution in [3.63, 3.8) is 0 Å². The summed E-state index contributed by atoms with van der Waals surface area (Å²) in [6.07, 6.45) is 57.7. The van der Waals surface area contributed by atoms with E-state index in [4.69, 9.17) is 18.9 Å². The van der Waals surface area contributed by atoms with Crippen molar-refractivity contribution in [3.05, 3.63) is 36.5 Å².